The van der Waals surface area contributed by atoms with Crippen molar-refractivity contribution in [2.45, 2.75) is 43.5 Å². The maximum Gasteiger partial charge on any atom is 0.268 e. The normalized spacial score (nSPS) is 17.3. The Morgan fingerprint density at radius 3 is 2.68 bits per heavy atom. The van der Waals surface area contributed by atoms with Crippen molar-refractivity contribution >= 4 is 33.1 Å². The molecule has 1 aromatic heterocycles. The van der Waals surface area contributed by atoms with E-state index in [1.54, 1.807) is 4.90 Å². The van der Waals surface area contributed by atoms with E-state index >= 15 is 0 Å². The van der Waals surface area contributed by atoms with Crippen LogP contribution in [0.2, 0.25) is 5.02 Å². The maximum atomic E-state index is 14.9. The number of anilines is 2. The summed E-state index contributed by atoms with van der Waals surface area (Å²) in [7, 11) is -4.74. The molecule has 0 amide bonds. The molecule has 1 unspecified atom stereocenters. The molecule has 1 aliphatic heterocycles. The molecule has 1 aromatic carbocycles. The molecule has 170 valence electrons. The van der Waals surface area contributed by atoms with Gasteiger partial charge in [-0.05, 0) is 51.2 Å². The molecule has 0 radical (unpaired) electrons. The minimum atomic E-state index is -4.74. The van der Waals surface area contributed by atoms with E-state index in [4.69, 9.17) is 17.3 Å². The van der Waals surface area contributed by atoms with Gasteiger partial charge in [-0.25, -0.2) is 22.2 Å². The Labute approximate surface area is 184 Å². The zero-order valence-corrected chi connectivity index (χ0v) is 18.7. The van der Waals surface area contributed by atoms with Gasteiger partial charge in [-0.1, -0.05) is 17.7 Å². The zero-order chi connectivity index (χ0) is 23.0. The van der Waals surface area contributed by atoms with Crippen molar-refractivity contribution in [1.82, 2.24) is 4.98 Å². The average Bonchev–Trinajstić information content (AvgIpc) is 3.11. The summed E-state index contributed by atoms with van der Waals surface area (Å²) in [4.78, 5) is 3.83. The summed E-state index contributed by atoms with van der Waals surface area (Å²) in [5.74, 6) is -3.78. The molecule has 31 heavy (non-hydrogen) atoms. The summed E-state index contributed by atoms with van der Waals surface area (Å²) < 4.78 is 69.8. The summed E-state index contributed by atoms with van der Waals surface area (Å²) in [6.45, 7) is 4.94. The van der Waals surface area contributed by atoms with E-state index in [-0.39, 0.29) is 17.1 Å². The number of nitrogens with two attached hydrogens (primary N) is 1. The Morgan fingerprint density at radius 1 is 1.32 bits per heavy atom. The number of rotatable bonds is 7. The number of aromatic nitrogens is 1. The van der Waals surface area contributed by atoms with Gasteiger partial charge in [0.15, 0.2) is 10.7 Å². The minimum Gasteiger partial charge on any atom is -0.370 e. The fourth-order valence-electron chi connectivity index (χ4n) is 3.56. The highest BCUT2D eigenvalue weighted by Gasteiger charge is 2.32. The molecule has 0 aliphatic carbocycles. The van der Waals surface area contributed by atoms with E-state index in [1.807, 2.05) is 18.6 Å². The molecule has 0 saturated carbocycles. The Hall–Kier alpha value is -2.04. The van der Waals surface area contributed by atoms with Gasteiger partial charge in [-0.15, -0.1) is 0 Å². The first-order chi connectivity index (χ1) is 14.4. The molecular formula is C20H24ClF3N4O2S. The lowest BCUT2D eigenvalue weighted by atomic mass is 9.93. The second kappa shape index (κ2) is 8.84. The summed E-state index contributed by atoms with van der Waals surface area (Å²) >= 11 is 6.11. The first kappa shape index (κ1) is 23.6. The van der Waals surface area contributed by atoms with E-state index in [0.29, 0.717) is 13.1 Å². The standard InChI is InChI=1S/C20H24ClF3N4O2S/c1-20(2,25)8-6-12-7-9-28(11-12)14-10-13(22)19(18(24)17(14)21)31(29,30)27-16-5-3-4-15(23)26-16/h3-5,10,12H,6-9,11,25H2,1-2H3,(H,26,27). The number of hydrogen-bond acceptors (Lipinski definition) is 5. The lowest BCUT2D eigenvalue weighted by Gasteiger charge is -2.23. The first-order valence-electron chi connectivity index (χ1n) is 9.74. The SMILES string of the molecule is CC(C)(N)CCC1CCN(c2cc(F)c(S(=O)(=O)Nc3cccc(F)n3)c(F)c2Cl)C1. The highest BCUT2D eigenvalue weighted by molar-refractivity contribution is 7.92. The Balaban J connectivity index is 1.84. The first-order valence-corrected chi connectivity index (χ1v) is 11.6. The lowest BCUT2D eigenvalue weighted by Crippen LogP contribution is -2.32. The highest BCUT2D eigenvalue weighted by Crippen LogP contribution is 2.38. The van der Waals surface area contributed by atoms with Crippen LogP contribution in [0.5, 0.6) is 0 Å². The molecule has 0 spiro atoms. The molecule has 3 rings (SSSR count). The molecule has 1 saturated heterocycles. The van der Waals surface area contributed by atoms with Gasteiger partial charge in [0.1, 0.15) is 16.7 Å². The third kappa shape index (κ3) is 5.61. The smallest absolute Gasteiger partial charge is 0.268 e. The fraction of sp³-hybridized carbons (Fsp3) is 0.450. The summed E-state index contributed by atoms with van der Waals surface area (Å²) in [5.41, 5.74) is 5.81. The zero-order valence-electron chi connectivity index (χ0n) is 17.1. The Morgan fingerprint density at radius 2 is 2.03 bits per heavy atom. The topological polar surface area (TPSA) is 88.3 Å². The van der Waals surface area contributed by atoms with Gasteiger partial charge in [-0.3, -0.25) is 4.72 Å². The summed E-state index contributed by atoms with van der Waals surface area (Å²) in [6.07, 6.45) is 2.47. The second-order valence-electron chi connectivity index (χ2n) is 8.41. The summed E-state index contributed by atoms with van der Waals surface area (Å²) in [5, 5.41) is -0.492. The molecule has 2 heterocycles. The Kier molecular flexibility index (Phi) is 6.73. The van der Waals surface area contributed by atoms with Crippen LogP contribution >= 0.6 is 11.6 Å². The van der Waals surface area contributed by atoms with Gasteiger partial charge >= 0.3 is 0 Å². The number of sulfonamides is 1. The van der Waals surface area contributed by atoms with Crippen molar-refractivity contribution < 1.29 is 21.6 Å². The molecule has 0 bridgehead atoms. The van der Waals surface area contributed by atoms with Crippen LogP contribution in [0.1, 0.15) is 33.1 Å². The number of pyridine rings is 1. The Bertz CT molecular complexity index is 1080. The molecule has 1 aliphatic rings. The van der Waals surface area contributed by atoms with E-state index < -0.39 is 43.3 Å². The van der Waals surface area contributed by atoms with E-state index in [9.17, 15) is 21.6 Å². The van der Waals surface area contributed by atoms with E-state index in [0.717, 1.165) is 37.5 Å². The van der Waals surface area contributed by atoms with Gasteiger partial charge in [0, 0.05) is 24.7 Å². The van der Waals surface area contributed by atoms with Crippen LogP contribution in [0.25, 0.3) is 0 Å². The van der Waals surface area contributed by atoms with Crippen LogP contribution in [-0.4, -0.2) is 32.0 Å². The van der Waals surface area contributed by atoms with Crippen molar-refractivity contribution in [3.8, 4) is 0 Å². The van der Waals surface area contributed by atoms with Crippen molar-refractivity contribution in [2.24, 2.45) is 11.7 Å². The largest absolute Gasteiger partial charge is 0.370 e. The number of halogens is 4. The van der Waals surface area contributed by atoms with Crippen LogP contribution in [0, 0.1) is 23.5 Å². The van der Waals surface area contributed by atoms with Crippen LogP contribution in [0.15, 0.2) is 29.2 Å². The lowest BCUT2D eigenvalue weighted by molar-refractivity contribution is 0.401. The highest BCUT2D eigenvalue weighted by atomic mass is 35.5. The average molecular weight is 477 g/mol. The van der Waals surface area contributed by atoms with Gasteiger partial charge in [-0.2, -0.15) is 4.39 Å². The molecule has 1 fully saturated rings. The van der Waals surface area contributed by atoms with Crippen LogP contribution < -0.4 is 15.4 Å². The second-order valence-corrected chi connectivity index (χ2v) is 10.4. The van der Waals surface area contributed by atoms with Crippen molar-refractivity contribution in [1.29, 1.82) is 0 Å². The molecule has 2 aromatic rings. The number of hydrogen-bond donors (Lipinski definition) is 2. The summed E-state index contributed by atoms with van der Waals surface area (Å²) in [6, 6.07) is 4.27. The molecule has 11 heteroatoms. The quantitative estimate of drug-likeness (QED) is 0.459. The third-order valence-corrected chi connectivity index (χ3v) is 6.89. The van der Waals surface area contributed by atoms with Crippen molar-refractivity contribution in [3.63, 3.8) is 0 Å². The molecular weight excluding hydrogens is 453 g/mol. The van der Waals surface area contributed by atoms with Crippen molar-refractivity contribution in [3.05, 3.63) is 46.9 Å². The maximum absolute atomic E-state index is 14.9. The molecule has 1 atom stereocenters. The van der Waals surface area contributed by atoms with Gasteiger partial charge in [0.05, 0.1) is 5.69 Å². The minimum absolute atomic E-state index is 0.0917. The van der Waals surface area contributed by atoms with E-state index in [2.05, 4.69) is 4.98 Å². The third-order valence-electron chi connectivity index (χ3n) is 5.14. The van der Waals surface area contributed by atoms with Crippen molar-refractivity contribution in [2.75, 3.05) is 22.7 Å². The fourth-order valence-corrected chi connectivity index (χ4v) is 5.03. The van der Waals surface area contributed by atoms with Gasteiger partial charge in [0.25, 0.3) is 10.0 Å². The number of nitrogens with one attached hydrogen (secondary N) is 1. The monoisotopic (exact) mass is 476 g/mol. The van der Waals surface area contributed by atoms with E-state index in [1.165, 1.54) is 6.07 Å². The number of benzene rings is 1. The van der Waals surface area contributed by atoms with Crippen LogP contribution in [-0.2, 0) is 10.0 Å². The van der Waals surface area contributed by atoms with Crippen LogP contribution in [0.4, 0.5) is 24.7 Å². The number of nitrogens with zero attached hydrogens (tertiary/aromatic N) is 2. The predicted molar refractivity (Wildman–Crippen MR) is 114 cm³/mol. The van der Waals surface area contributed by atoms with Crippen LogP contribution in [0.3, 0.4) is 0 Å². The van der Waals surface area contributed by atoms with Gasteiger partial charge < -0.3 is 10.6 Å². The molecule has 3 N–H and O–H groups in total. The molecule has 6 nitrogen and oxygen atoms in total. The van der Waals surface area contributed by atoms with Gasteiger partial charge in [0.2, 0.25) is 5.95 Å². The predicted octanol–water partition coefficient (Wildman–Crippen LogP) is 4.30.